The van der Waals surface area contributed by atoms with E-state index in [4.69, 9.17) is 0 Å². The Hall–Kier alpha value is 1.74. The molecule has 0 amide bonds. The molecule has 0 atom stereocenters. The standard InChI is InChI=1S/H2S2Se2/c3-1-2-4/h3-4H. The minimum atomic E-state index is 1.68. The van der Waals surface area contributed by atoms with Gasteiger partial charge in [-0.1, -0.05) is 0 Å². The van der Waals surface area contributed by atoms with Gasteiger partial charge in [-0.3, -0.25) is 0 Å². The third kappa shape index (κ3) is 3.74. The molecule has 26 valence electrons. The van der Waals surface area contributed by atoms with Gasteiger partial charge < -0.3 is 0 Å². The van der Waals surface area contributed by atoms with Gasteiger partial charge in [0.25, 0.3) is 0 Å². The van der Waals surface area contributed by atoms with Gasteiger partial charge in [-0.05, 0) is 0 Å². The van der Waals surface area contributed by atoms with E-state index in [0.29, 0.717) is 0 Å². The second kappa shape index (κ2) is 4.74. The topological polar surface area (TPSA) is 0 Å². The van der Waals surface area contributed by atoms with Crippen molar-refractivity contribution in [2.45, 2.75) is 0 Å². The third-order valence-electron chi connectivity index (χ3n) is 0.0333. The molecule has 0 unspecified atom stereocenters. The van der Waals surface area contributed by atoms with Crippen molar-refractivity contribution in [1.29, 1.82) is 0 Å². The Morgan fingerprint density at radius 1 is 1.00 bits per heavy atom. The van der Waals surface area contributed by atoms with Crippen LogP contribution in [0.2, 0.25) is 0 Å². The summed E-state index contributed by atoms with van der Waals surface area (Å²) in [5.41, 5.74) is 0. The van der Waals surface area contributed by atoms with Gasteiger partial charge in [-0.15, -0.1) is 0 Å². The van der Waals surface area contributed by atoms with Crippen LogP contribution in [0, 0.1) is 0 Å². The molecule has 0 aliphatic rings. The van der Waals surface area contributed by atoms with E-state index in [1.165, 1.54) is 0 Å². The molecule has 0 saturated heterocycles. The fourth-order valence-corrected chi connectivity index (χ4v) is 0. The van der Waals surface area contributed by atoms with Crippen LogP contribution in [0.1, 0.15) is 0 Å². The summed E-state index contributed by atoms with van der Waals surface area (Å²) < 4.78 is 0. The van der Waals surface area contributed by atoms with Crippen molar-refractivity contribution in [3.63, 3.8) is 0 Å². The average molecular weight is 224 g/mol. The van der Waals surface area contributed by atoms with Crippen molar-refractivity contribution in [3.05, 3.63) is 0 Å². The normalized spacial score (nSPS) is 7.50. The fourth-order valence-electron chi connectivity index (χ4n) is 0. The Bertz CT molecular complexity index is 6.00. The van der Waals surface area contributed by atoms with Crippen LogP contribution < -0.4 is 0 Å². The van der Waals surface area contributed by atoms with Crippen molar-refractivity contribution >= 4 is 48.2 Å². The van der Waals surface area contributed by atoms with E-state index in [2.05, 4.69) is 29.8 Å². The molecule has 0 N–H and O–H groups in total. The summed E-state index contributed by atoms with van der Waals surface area (Å²) >= 11 is 4.80. The summed E-state index contributed by atoms with van der Waals surface area (Å²) in [7, 11) is 3.37. The van der Waals surface area contributed by atoms with E-state index in [1.807, 2.05) is 0 Å². The molecular formula is H2S2Se2. The first-order valence-electron chi connectivity index (χ1n) is 0.532. The first-order valence-corrected chi connectivity index (χ1v) is 7.19. The predicted molar refractivity (Wildman–Crippen MR) is 29.5 cm³/mol. The fraction of sp³-hybridized carbons (Fsp3) is 0. The Kier molecular flexibility index (Phi) is 6.80. The molecule has 0 rings (SSSR count). The molecule has 0 aromatic carbocycles. The summed E-state index contributed by atoms with van der Waals surface area (Å²) in [5, 5.41) is 0. The Labute approximate surface area is 48.0 Å². The summed E-state index contributed by atoms with van der Waals surface area (Å²) in [6, 6.07) is 0. The SMILES string of the molecule is [SeH]SS[SeH]. The molecule has 0 radical (unpaired) electrons. The van der Waals surface area contributed by atoms with Crippen molar-refractivity contribution in [2.24, 2.45) is 0 Å². The van der Waals surface area contributed by atoms with Crippen LogP contribution in [0.3, 0.4) is 0 Å². The van der Waals surface area contributed by atoms with Crippen LogP contribution >= 0.6 is 18.4 Å². The number of hydrogen-bond acceptors (Lipinski definition) is 2. The Balaban J connectivity index is 1.97. The zero-order valence-corrected chi connectivity index (χ0v) is 7.10. The zero-order chi connectivity index (χ0) is 3.41. The van der Waals surface area contributed by atoms with Crippen LogP contribution in [-0.2, 0) is 0 Å². The van der Waals surface area contributed by atoms with Crippen LogP contribution in [0.15, 0.2) is 0 Å². The van der Waals surface area contributed by atoms with Crippen molar-refractivity contribution < 1.29 is 0 Å². The average Bonchev–Trinajstić information content (AvgIpc) is 1.37. The van der Waals surface area contributed by atoms with Gasteiger partial charge in [0.15, 0.2) is 0 Å². The second-order valence-corrected chi connectivity index (χ2v) is 6.97. The number of rotatable bonds is 1. The van der Waals surface area contributed by atoms with Gasteiger partial charge in [0.2, 0.25) is 0 Å². The first-order chi connectivity index (χ1) is 1.91. The Morgan fingerprint density at radius 3 is 1.25 bits per heavy atom. The second-order valence-electron chi connectivity index (χ2n) is 0.149. The molecule has 0 aromatic heterocycles. The van der Waals surface area contributed by atoms with Crippen molar-refractivity contribution in [1.82, 2.24) is 0 Å². The van der Waals surface area contributed by atoms with E-state index < -0.39 is 0 Å². The van der Waals surface area contributed by atoms with Crippen LogP contribution in [0.25, 0.3) is 0 Å². The molecular weight excluding hydrogens is 222 g/mol. The van der Waals surface area contributed by atoms with Crippen molar-refractivity contribution in [3.8, 4) is 0 Å². The summed E-state index contributed by atoms with van der Waals surface area (Å²) in [6.07, 6.45) is 0. The first kappa shape index (κ1) is 5.74. The summed E-state index contributed by atoms with van der Waals surface area (Å²) in [6.45, 7) is 0. The van der Waals surface area contributed by atoms with E-state index >= 15 is 0 Å². The van der Waals surface area contributed by atoms with Crippen molar-refractivity contribution in [2.75, 3.05) is 0 Å². The summed E-state index contributed by atoms with van der Waals surface area (Å²) in [4.78, 5) is 0. The molecule has 0 saturated carbocycles. The van der Waals surface area contributed by atoms with Gasteiger partial charge in [0.05, 0.1) is 0 Å². The van der Waals surface area contributed by atoms with Crippen LogP contribution in [0.4, 0.5) is 0 Å². The monoisotopic (exact) mass is 226 g/mol. The van der Waals surface area contributed by atoms with Gasteiger partial charge in [0, 0.05) is 0 Å². The van der Waals surface area contributed by atoms with Crippen LogP contribution in [-0.4, -0.2) is 29.8 Å². The number of hydrogen-bond donors (Lipinski definition) is 0. The maximum absolute atomic E-state index is 2.40. The molecule has 0 fully saturated rings. The van der Waals surface area contributed by atoms with E-state index in [9.17, 15) is 0 Å². The third-order valence-corrected chi connectivity index (χ3v) is 8.10. The van der Waals surface area contributed by atoms with Gasteiger partial charge >= 0.3 is 48.2 Å². The minimum absolute atomic E-state index is 1.68. The maximum atomic E-state index is 2.40. The molecule has 0 aromatic rings. The van der Waals surface area contributed by atoms with Crippen LogP contribution in [0.5, 0.6) is 0 Å². The van der Waals surface area contributed by atoms with E-state index in [1.54, 1.807) is 18.4 Å². The molecule has 0 heterocycles. The predicted octanol–water partition coefficient (Wildman–Crippen LogP) is -0.000600. The summed E-state index contributed by atoms with van der Waals surface area (Å²) in [5.74, 6) is 0. The quantitative estimate of drug-likeness (QED) is 0.454. The molecule has 4 heavy (non-hydrogen) atoms. The molecule has 0 nitrogen and oxygen atoms in total. The molecule has 0 aliphatic carbocycles. The molecule has 4 heteroatoms. The van der Waals surface area contributed by atoms with Gasteiger partial charge in [-0.2, -0.15) is 0 Å². The molecule has 0 spiro atoms. The molecule has 0 bridgehead atoms. The Morgan fingerprint density at radius 2 is 1.25 bits per heavy atom. The molecule has 0 aliphatic heterocycles. The van der Waals surface area contributed by atoms with Gasteiger partial charge in [-0.25, -0.2) is 0 Å². The van der Waals surface area contributed by atoms with E-state index in [-0.39, 0.29) is 0 Å². The van der Waals surface area contributed by atoms with E-state index in [0.717, 1.165) is 0 Å². The van der Waals surface area contributed by atoms with Gasteiger partial charge in [0.1, 0.15) is 0 Å². The zero-order valence-electron chi connectivity index (χ0n) is 1.71.